The molecule has 3 heterocycles. The van der Waals surface area contributed by atoms with Gasteiger partial charge in [0.15, 0.2) is 8.07 Å². The molecule has 0 fully saturated rings. The molecular weight excluding hydrogens is 983 g/mol. The molecule has 0 unspecified atom stereocenters. The van der Waals surface area contributed by atoms with Gasteiger partial charge in [0, 0.05) is 50.0 Å². The van der Waals surface area contributed by atoms with E-state index in [1.165, 1.54) is 92.1 Å². The highest BCUT2D eigenvalue weighted by Crippen LogP contribution is 2.42. The second-order valence-electron chi connectivity index (χ2n) is 20.8. The van der Waals surface area contributed by atoms with Crippen LogP contribution in [0, 0.1) is 0 Å². The summed E-state index contributed by atoms with van der Waals surface area (Å²) >= 11 is 0. The highest BCUT2D eigenvalue weighted by molar-refractivity contribution is 7.19. The van der Waals surface area contributed by atoms with Crippen molar-refractivity contribution in [3.8, 4) is 39.1 Å². The standard InChI is InChI=1S/C76H53N3Si/c1-6-21-56(22-7-1)75-69-33-17-19-36-72(69)79-74(75)52-41-57-23-20-34-67(76(57)79)55-39-45-61(46-40-55)77(62-47-49-66(50-48-62)80(63-26-10-3-11-27-63,64-28-12-4-13-29-64)65-30-14-5-15-31-65)60-43-37-54(38-44-60)58-42-51-73-70(53-58)68-32-16-18-35-71(68)78(73)59-24-8-2-9-25-59/h1-53H. The van der Waals surface area contributed by atoms with Crippen LogP contribution >= 0.6 is 0 Å². The summed E-state index contributed by atoms with van der Waals surface area (Å²) in [5, 5.41) is 10.3. The first kappa shape index (κ1) is 47.0. The summed E-state index contributed by atoms with van der Waals surface area (Å²) in [5.41, 5.74) is 17.6. The second-order valence-corrected chi connectivity index (χ2v) is 24.6. The van der Waals surface area contributed by atoms with E-state index in [0.29, 0.717) is 0 Å². The molecule has 0 radical (unpaired) electrons. The minimum absolute atomic E-state index is 1.07. The van der Waals surface area contributed by atoms with Crippen LogP contribution in [0.25, 0.3) is 88.2 Å². The number of nitrogens with zero attached hydrogens (tertiary/aromatic N) is 3. The fraction of sp³-hybridized carbons (Fsp3) is 0. The predicted octanol–water partition coefficient (Wildman–Crippen LogP) is 17.2. The van der Waals surface area contributed by atoms with Crippen LogP contribution in [0.5, 0.6) is 0 Å². The van der Waals surface area contributed by atoms with Gasteiger partial charge in [-0.2, -0.15) is 0 Å². The highest BCUT2D eigenvalue weighted by Gasteiger charge is 2.41. The first-order chi connectivity index (χ1) is 39.7. The number of aromatic nitrogens is 2. The van der Waals surface area contributed by atoms with E-state index in [-0.39, 0.29) is 0 Å². The largest absolute Gasteiger partial charge is 0.311 e. The summed E-state index contributed by atoms with van der Waals surface area (Å²) < 4.78 is 4.86. The number of rotatable bonds is 11. The van der Waals surface area contributed by atoms with Crippen molar-refractivity contribution in [3.63, 3.8) is 0 Å². The van der Waals surface area contributed by atoms with E-state index in [0.717, 1.165) is 33.9 Å². The highest BCUT2D eigenvalue weighted by atomic mass is 28.3. The number of anilines is 3. The van der Waals surface area contributed by atoms with E-state index < -0.39 is 8.07 Å². The molecule has 80 heavy (non-hydrogen) atoms. The SMILES string of the molecule is c1ccc(-c2c3ccccc3n3c2ccc2cccc(-c4ccc(N(c5ccc(-c6ccc7c(c6)c6ccccc6n7-c6ccccc6)cc5)c5ccc([Si](c6ccccc6)(c6ccccc6)c6ccccc6)cc5)cc4)c23)cc1. The smallest absolute Gasteiger partial charge is 0.179 e. The third-order valence-electron chi connectivity index (χ3n) is 16.4. The van der Waals surface area contributed by atoms with Crippen LogP contribution in [0.15, 0.2) is 322 Å². The molecule has 15 aromatic rings. The number of fused-ring (bicyclic) bond motifs is 8. The van der Waals surface area contributed by atoms with Gasteiger partial charge < -0.3 is 13.9 Å². The third-order valence-corrected chi connectivity index (χ3v) is 21.2. The number of para-hydroxylation sites is 4. The summed E-state index contributed by atoms with van der Waals surface area (Å²) in [7, 11) is -2.76. The molecule has 4 heteroatoms. The van der Waals surface area contributed by atoms with Crippen LogP contribution in [0.2, 0.25) is 0 Å². The predicted molar refractivity (Wildman–Crippen MR) is 341 cm³/mol. The van der Waals surface area contributed by atoms with Crippen LogP contribution in [0.4, 0.5) is 17.1 Å². The quantitative estimate of drug-likeness (QED) is 0.0929. The Morgan fingerprint density at radius 3 is 1.35 bits per heavy atom. The van der Waals surface area contributed by atoms with Crippen LogP contribution in [0.3, 0.4) is 0 Å². The van der Waals surface area contributed by atoms with Gasteiger partial charge in [0.1, 0.15) is 0 Å². The fourth-order valence-electron chi connectivity index (χ4n) is 12.9. The Kier molecular flexibility index (Phi) is 11.5. The maximum Gasteiger partial charge on any atom is 0.179 e. The summed E-state index contributed by atoms with van der Waals surface area (Å²) in [6, 6.07) is 119. The summed E-state index contributed by atoms with van der Waals surface area (Å²) in [4.78, 5) is 2.41. The van der Waals surface area contributed by atoms with E-state index in [1.54, 1.807) is 0 Å². The van der Waals surface area contributed by atoms with Gasteiger partial charge in [-0.1, -0.05) is 243 Å². The monoisotopic (exact) mass is 1040 g/mol. The maximum atomic E-state index is 2.48. The molecule has 0 aliphatic carbocycles. The lowest BCUT2D eigenvalue weighted by atomic mass is 10.00. The van der Waals surface area contributed by atoms with Gasteiger partial charge in [0.2, 0.25) is 0 Å². The average molecular weight is 1040 g/mol. The van der Waals surface area contributed by atoms with E-state index in [2.05, 4.69) is 335 Å². The van der Waals surface area contributed by atoms with Gasteiger partial charge in [0.25, 0.3) is 0 Å². The van der Waals surface area contributed by atoms with Crippen LogP contribution in [0.1, 0.15) is 0 Å². The Balaban J connectivity index is 0.873. The van der Waals surface area contributed by atoms with Crippen molar-refractivity contribution in [2.75, 3.05) is 4.90 Å². The molecule has 3 aromatic heterocycles. The minimum Gasteiger partial charge on any atom is -0.311 e. The Bertz CT molecular complexity index is 4610. The normalized spacial score (nSPS) is 11.8. The van der Waals surface area contributed by atoms with E-state index >= 15 is 0 Å². The molecule has 376 valence electrons. The van der Waals surface area contributed by atoms with E-state index in [9.17, 15) is 0 Å². The van der Waals surface area contributed by atoms with E-state index in [4.69, 9.17) is 0 Å². The molecule has 0 aliphatic rings. The molecule has 12 aromatic carbocycles. The fourth-order valence-corrected chi connectivity index (χ4v) is 17.6. The number of hydrogen-bond acceptors (Lipinski definition) is 1. The molecular formula is C76H53N3Si. The number of hydrogen-bond donors (Lipinski definition) is 0. The first-order valence-corrected chi connectivity index (χ1v) is 29.6. The Hall–Kier alpha value is -10.3. The number of pyridine rings is 1. The van der Waals surface area contributed by atoms with Crippen LogP contribution in [-0.2, 0) is 0 Å². The molecule has 0 saturated carbocycles. The van der Waals surface area contributed by atoms with Gasteiger partial charge in [0.05, 0.1) is 27.6 Å². The van der Waals surface area contributed by atoms with Crippen molar-refractivity contribution in [1.29, 1.82) is 0 Å². The van der Waals surface area contributed by atoms with Gasteiger partial charge >= 0.3 is 0 Å². The average Bonchev–Trinajstić information content (AvgIpc) is 4.26. The molecule has 0 spiro atoms. The summed E-state index contributed by atoms with van der Waals surface area (Å²) in [5.74, 6) is 0. The zero-order valence-electron chi connectivity index (χ0n) is 43.9. The van der Waals surface area contributed by atoms with Gasteiger partial charge in [-0.15, -0.1) is 0 Å². The van der Waals surface area contributed by atoms with Crippen LogP contribution in [-0.4, -0.2) is 17.0 Å². The first-order valence-electron chi connectivity index (χ1n) is 27.6. The maximum absolute atomic E-state index is 2.76. The molecule has 0 atom stereocenters. The zero-order chi connectivity index (χ0) is 53.0. The van der Waals surface area contributed by atoms with Gasteiger partial charge in [-0.25, -0.2) is 0 Å². The van der Waals surface area contributed by atoms with Gasteiger partial charge in [-0.05, 0) is 127 Å². The number of benzene rings is 12. The Morgan fingerprint density at radius 2 is 0.738 bits per heavy atom. The second kappa shape index (κ2) is 19.6. The van der Waals surface area contributed by atoms with Crippen molar-refractivity contribution in [3.05, 3.63) is 322 Å². The third kappa shape index (κ3) is 7.72. The summed E-state index contributed by atoms with van der Waals surface area (Å²) in [6.07, 6.45) is 0. The summed E-state index contributed by atoms with van der Waals surface area (Å²) in [6.45, 7) is 0. The van der Waals surface area contributed by atoms with Crippen molar-refractivity contribution >= 4 is 95.0 Å². The topological polar surface area (TPSA) is 12.6 Å². The molecule has 3 nitrogen and oxygen atoms in total. The van der Waals surface area contributed by atoms with E-state index in [1.807, 2.05) is 0 Å². The van der Waals surface area contributed by atoms with Crippen LogP contribution < -0.4 is 25.6 Å². The Labute approximate surface area is 466 Å². The molecule has 0 bridgehead atoms. The zero-order valence-corrected chi connectivity index (χ0v) is 44.9. The lowest BCUT2D eigenvalue weighted by Crippen LogP contribution is -2.74. The molecule has 0 saturated heterocycles. The minimum atomic E-state index is -2.76. The van der Waals surface area contributed by atoms with Crippen molar-refractivity contribution in [2.45, 2.75) is 0 Å². The molecule has 0 aliphatic heterocycles. The van der Waals surface area contributed by atoms with Crippen molar-refractivity contribution in [1.82, 2.24) is 8.97 Å². The van der Waals surface area contributed by atoms with Gasteiger partial charge in [-0.3, -0.25) is 0 Å². The lowest BCUT2D eigenvalue weighted by molar-refractivity contribution is 1.18. The van der Waals surface area contributed by atoms with Crippen molar-refractivity contribution in [2.24, 2.45) is 0 Å². The molecule has 15 rings (SSSR count). The lowest BCUT2D eigenvalue weighted by Gasteiger charge is -2.35. The Morgan fingerprint density at radius 1 is 0.275 bits per heavy atom. The molecule has 0 N–H and O–H groups in total. The van der Waals surface area contributed by atoms with Crippen molar-refractivity contribution < 1.29 is 0 Å². The molecule has 0 amide bonds.